The molecule has 0 aromatic heterocycles. The Bertz CT molecular complexity index is 430. The molecule has 0 saturated carbocycles. The molecule has 1 aliphatic rings. The first kappa shape index (κ1) is 15.7. The second kappa shape index (κ2) is 7.34. The summed E-state index contributed by atoms with van der Waals surface area (Å²) < 4.78 is 13.9. The molecule has 1 heterocycles. The number of nitrogens with two attached hydrogens (primary N) is 1. The largest absolute Gasteiger partial charge is 0.326 e. The van der Waals surface area contributed by atoms with Gasteiger partial charge in [0.2, 0.25) is 0 Å². The Kier molecular flexibility index (Phi) is 6.06. The summed E-state index contributed by atoms with van der Waals surface area (Å²) in [6, 6.07) is 4.99. The van der Waals surface area contributed by atoms with Crippen molar-refractivity contribution in [3.05, 3.63) is 34.1 Å². The van der Waals surface area contributed by atoms with Crippen LogP contribution in [0.4, 0.5) is 4.39 Å². The Morgan fingerprint density at radius 3 is 2.84 bits per heavy atom. The van der Waals surface area contributed by atoms with Crippen molar-refractivity contribution in [1.82, 2.24) is 0 Å². The monoisotopic (exact) mass is 363 g/mol. The molecule has 19 heavy (non-hydrogen) atoms. The number of benzene rings is 1. The minimum atomic E-state index is -0.210. The van der Waals surface area contributed by atoms with Gasteiger partial charge in [-0.3, -0.25) is 0 Å². The van der Waals surface area contributed by atoms with E-state index in [9.17, 15) is 4.39 Å². The van der Waals surface area contributed by atoms with Crippen LogP contribution in [0.5, 0.6) is 0 Å². The van der Waals surface area contributed by atoms with Crippen LogP contribution in [0, 0.1) is 5.82 Å². The van der Waals surface area contributed by atoms with Crippen LogP contribution in [0.25, 0.3) is 0 Å². The van der Waals surface area contributed by atoms with Crippen molar-refractivity contribution in [1.29, 1.82) is 0 Å². The zero-order valence-corrected chi connectivity index (χ0v) is 14.2. The second-order valence-corrected chi connectivity index (χ2v) is 8.24. The van der Waals surface area contributed by atoms with Crippen LogP contribution in [0.2, 0.25) is 0 Å². The molecule has 0 spiro atoms. The van der Waals surface area contributed by atoms with Crippen LogP contribution in [0.15, 0.2) is 22.7 Å². The van der Waals surface area contributed by atoms with E-state index in [1.165, 1.54) is 30.1 Å². The quantitative estimate of drug-likeness (QED) is 0.872. The molecule has 0 amide bonds. The Labute approximate surface area is 131 Å². The van der Waals surface area contributed by atoms with E-state index in [0.717, 1.165) is 16.5 Å². The zero-order chi connectivity index (χ0) is 13.8. The molecule has 1 aromatic carbocycles. The van der Waals surface area contributed by atoms with Gasteiger partial charge >= 0.3 is 0 Å². The number of rotatable bonds is 4. The van der Waals surface area contributed by atoms with E-state index in [0.29, 0.717) is 10.5 Å². The Balaban J connectivity index is 2.04. The molecule has 1 aliphatic heterocycles. The van der Waals surface area contributed by atoms with Crippen molar-refractivity contribution in [2.45, 2.75) is 36.3 Å². The maximum absolute atomic E-state index is 13.1. The van der Waals surface area contributed by atoms with Crippen molar-refractivity contribution in [3.63, 3.8) is 0 Å². The minimum absolute atomic E-state index is 0.129. The third-order valence-electron chi connectivity index (χ3n) is 3.39. The van der Waals surface area contributed by atoms with Gasteiger partial charge in [-0.2, -0.15) is 23.5 Å². The second-order valence-electron chi connectivity index (χ2n) is 4.76. The third kappa shape index (κ3) is 4.13. The van der Waals surface area contributed by atoms with Crippen molar-refractivity contribution < 1.29 is 4.39 Å². The van der Waals surface area contributed by atoms with Gasteiger partial charge in [0, 0.05) is 32.5 Å². The highest BCUT2D eigenvalue weighted by Crippen LogP contribution is 2.35. The molecule has 2 N–H and O–H groups in total. The van der Waals surface area contributed by atoms with Gasteiger partial charge in [-0.15, -0.1) is 0 Å². The molecule has 1 fully saturated rings. The van der Waals surface area contributed by atoms with E-state index < -0.39 is 0 Å². The highest BCUT2D eigenvalue weighted by atomic mass is 79.9. The van der Waals surface area contributed by atoms with E-state index in [2.05, 4.69) is 22.9 Å². The summed E-state index contributed by atoms with van der Waals surface area (Å²) >= 11 is 7.47. The summed E-state index contributed by atoms with van der Waals surface area (Å²) in [5.41, 5.74) is 7.50. The summed E-state index contributed by atoms with van der Waals surface area (Å²) in [6.07, 6.45) is 1.97. The van der Waals surface area contributed by atoms with E-state index in [4.69, 9.17) is 5.73 Å². The highest BCUT2D eigenvalue weighted by Gasteiger charge is 2.30. The molecule has 0 radical (unpaired) electrons. The van der Waals surface area contributed by atoms with Gasteiger partial charge in [-0.05, 0) is 30.5 Å². The normalized spacial score (nSPS) is 25.3. The average Bonchev–Trinajstić information content (AvgIpc) is 2.41. The highest BCUT2D eigenvalue weighted by molar-refractivity contribution is 9.10. The molecule has 3 atom stereocenters. The lowest BCUT2D eigenvalue weighted by molar-refractivity contribution is 0.593. The van der Waals surface area contributed by atoms with E-state index >= 15 is 0 Å². The maximum atomic E-state index is 13.1. The van der Waals surface area contributed by atoms with Crippen LogP contribution in [0.3, 0.4) is 0 Å². The zero-order valence-electron chi connectivity index (χ0n) is 10.9. The molecular weight excluding hydrogens is 345 g/mol. The fourth-order valence-electron chi connectivity index (χ4n) is 2.39. The summed E-state index contributed by atoms with van der Waals surface area (Å²) in [4.78, 5) is 0. The maximum Gasteiger partial charge on any atom is 0.124 e. The van der Waals surface area contributed by atoms with Crippen molar-refractivity contribution in [2.24, 2.45) is 5.73 Å². The van der Waals surface area contributed by atoms with Crippen molar-refractivity contribution >= 4 is 39.5 Å². The SMILES string of the molecule is CCC1SCCSC1C(N)Cc1ccc(F)cc1Br. The molecule has 0 bridgehead atoms. The molecule has 1 saturated heterocycles. The van der Waals surface area contributed by atoms with Gasteiger partial charge in [-0.25, -0.2) is 4.39 Å². The summed E-state index contributed by atoms with van der Waals surface area (Å²) in [5.74, 6) is 2.20. The number of halogens is 2. The first-order chi connectivity index (χ1) is 9.11. The molecule has 5 heteroatoms. The lowest BCUT2D eigenvalue weighted by Crippen LogP contribution is -2.43. The van der Waals surface area contributed by atoms with Gasteiger partial charge in [-0.1, -0.05) is 28.9 Å². The smallest absolute Gasteiger partial charge is 0.124 e. The molecule has 1 aromatic rings. The van der Waals surface area contributed by atoms with E-state index in [1.807, 2.05) is 29.6 Å². The van der Waals surface area contributed by atoms with Gasteiger partial charge in [0.1, 0.15) is 5.82 Å². The predicted octanol–water partition coefficient (Wildman–Crippen LogP) is 4.09. The number of hydrogen-bond donors (Lipinski definition) is 1. The number of hydrogen-bond acceptors (Lipinski definition) is 3. The predicted molar refractivity (Wildman–Crippen MR) is 88.6 cm³/mol. The van der Waals surface area contributed by atoms with Gasteiger partial charge in [0.05, 0.1) is 0 Å². The number of thioether (sulfide) groups is 2. The summed E-state index contributed by atoms with van der Waals surface area (Å²) in [6.45, 7) is 2.23. The van der Waals surface area contributed by atoms with Crippen molar-refractivity contribution in [2.75, 3.05) is 11.5 Å². The third-order valence-corrected chi connectivity index (χ3v) is 7.55. The fourth-order valence-corrected chi connectivity index (χ4v) is 6.10. The average molecular weight is 364 g/mol. The molecule has 3 unspecified atom stereocenters. The molecule has 1 nitrogen and oxygen atoms in total. The Hall–Kier alpha value is 0.290. The lowest BCUT2D eigenvalue weighted by Gasteiger charge is -2.34. The summed E-state index contributed by atoms with van der Waals surface area (Å²) in [7, 11) is 0. The minimum Gasteiger partial charge on any atom is -0.326 e. The van der Waals surface area contributed by atoms with E-state index in [1.54, 1.807) is 0 Å². The van der Waals surface area contributed by atoms with Gasteiger partial charge < -0.3 is 5.73 Å². The first-order valence-corrected chi connectivity index (χ1v) is 9.43. The van der Waals surface area contributed by atoms with Crippen LogP contribution in [-0.2, 0) is 6.42 Å². The fraction of sp³-hybridized carbons (Fsp3) is 0.571. The summed E-state index contributed by atoms with van der Waals surface area (Å²) in [5, 5.41) is 1.15. The lowest BCUT2D eigenvalue weighted by atomic mass is 10.0. The van der Waals surface area contributed by atoms with Gasteiger partial charge in [0.15, 0.2) is 0 Å². The molecular formula is C14H19BrFNS2. The Morgan fingerprint density at radius 2 is 2.16 bits per heavy atom. The molecule has 0 aliphatic carbocycles. The first-order valence-electron chi connectivity index (χ1n) is 6.54. The standard InChI is InChI=1S/C14H19BrFNS2/c1-2-13-14(19-6-5-18-13)12(17)7-9-3-4-10(16)8-11(9)15/h3-4,8,12-14H,2,5-7,17H2,1H3. The topological polar surface area (TPSA) is 26.0 Å². The van der Waals surface area contributed by atoms with Crippen LogP contribution in [0.1, 0.15) is 18.9 Å². The van der Waals surface area contributed by atoms with Crippen LogP contribution in [-0.4, -0.2) is 28.0 Å². The van der Waals surface area contributed by atoms with Crippen LogP contribution < -0.4 is 5.73 Å². The molecule has 106 valence electrons. The van der Waals surface area contributed by atoms with E-state index in [-0.39, 0.29) is 11.9 Å². The van der Waals surface area contributed by atoms with Crippen molar-refractivity contribution in [3.8, 4) is 0 Å². The van der Waals surface area contributed by atoms with Gasteiger partial charge in [0.25, 0.3) is 0 Å². The molecule has 2 rings (SSSR count). The van der Waals surface area contributed by atoms with Crippen LogP contribution >= 0.6 is 39.5 Å². The Morgan fingerprint density at radius 1 is 1.42 bits per heavy atom.